The van der Waals surface area contributed by atoms with Crippen LogP contribution in [0.2, 0.25) is 0 Å². The van der Waals surface area contributed by atoms with Crippen LogP contribution in [-0.2, 0) is 6.54 Å². The highest BCUT2D eigenvalue weighted by molar-refractivity contribution is 6.05. The first-order valence-electron chi connectivity index (χ1n) is 19.2. The summed E-state index contributed by atoms with van der Waals surface area (Å²) in [5, 5.41) is 23.8. The summed E-state index contributed by atoms with van der Waals surface area (Å²) in [6, 6.07) is 19.6. The van der Waals surface area contributed by atoms with Gasteiger partial charge in [0.1, 0.15) is 23.2 Å². The van der Waals surface area contributed by atoms with Gasteiger partial charge in [0.15, 0.2) is 0 Å². The zero-order chi connectivity index (χ0) is 37.7. The van der Waals surface area contributed by atoms with E-state index < -0.39 is 0 Å². The topological polar surface area (TPSA) is 148 Å². The molecule has 3 heterocycles. The molecule has 0 radical (unpaired) electrons. The Morgan fingerprint density at radius 3 is 2.40 bits per heavy atom. The number of pyridine rings is 1. The van der Waals surface area contributed by atoms with Crippen LogP contribution in [0.15, 0.2) is 83.6 Å². The Morgan fingerprint density at radius 1 is 0.962 bits per heavy atom. The number of nitrogens with two attached hydrogens (primary N) is 1. The summed E-state index contributed by atoms with van der Waals surface area (Å²) in [7, 11) is 0. The number of hydrogen-bond donors (Lipinski definition) is 5. The second-order valence-electron chi connectivity index (χ2n) is 15.9. The van der Waals surface area contributed by atoms with E-state index in [9.17, 15) is 4.79 Å². The number of fused-ring (bicyclic) bond motifs is 1. The number of hydrogen-bond acceptors (Lipinski definition) is 7. The molecule has 2 aromatic carbocycles. The van der Waals surface area contributed by atoms with Gasteiger partial charge >= 0.3 is 6.03 Å². The molecule has 0 spiro atoms. The van der Waals surface area contributed by atoms with Crippen LogP contribution in [0.25, 0.3) is 0 Å². The van der Waals surface area contributed by atoms with Crippen LogP contribution in [0.4, 0.5) is 10.5 Å². The number of allylic oxidation sites excluding steroid dienone is 1. The number of piperidine rings is 1. The van der Waals surface area contributed by atoms with Gasteiger partial charge in [0.25, 0.3) is 0 Å². The van der Waals surface area contributed by atoms with Crippen LogP contribution in [0.1, 0.15) is 108 Å². The average molecular weight is 720 g/mol. The summed E-state index contributed by atoms with van der Waals surface area (Å²) in [6.07, 6.45) is 10.3. The van der Waals surface area contributed by atoms with E-state index in [0.717, 1.165) is 55.7 Å². The number of nitrogens with one attached hydrogen (secondary N) is 4. The van der Waals surface area contributed by atoms with Crippen molar-refractivity contribution in [2.75, 3.05) is 13.1 Å². The molecule has 11 nitrogen and oxygen atoms in total. The molecule has 2 amide bonds. The number of ether oxygens (including phenoxy) is 1. The third kappa shape index (κ3) is 9.37. The largest absolute Gasteiger partial charge is 0.484 e. The zero-order valence-electron chi connectivity index (χ0n) is 32.0. The average Bonchev–Trinajstić information content (AvgIpc) is 3.62. The third-order valence-corrected chi connectivity index (χ3v) is 10.8. The second kappa shape index (κ2) is 16.4. The SMILES string of the molecule is CC1CCCC(C)N1C(=N)n1cc(OC2CCC(NC(=O)NC(/C=C(\N)C(C)(C)C)=Nc3cccc(CN4CCCC4)c3)c3ccccc32)ccc1=N. The first kappa shape index (κ1) is 37.8. The Labute approximate surface area is 314 Å². The number of likely N-dealkylation sites (tertiary alicyclic amines) is 2. The summed E-state index contributed by atoms with van der Waals surface area (Å²) >= 11 is 0. The molecule has 6 rings (SSSR count). The second-order valence-corrected chi connectivity index (χ2v) is 15.9. The van der Waals surface area contributed by atoms with E-state index in [4.69, 9.17) is 26.3 Å². The van der Waals surface area contributed by atoms with Crippen molar-refractivity contribution in [2.24, 2.45) is 16.1 Å². The minimum Gasteiger partial charge on any atom is -0.484 e. The Hall–Kier alpha value is -4.90. The molecular weight excluding hydrogens is 663 g/mol. The van der Waals surface area contributed by atoms with Crippen molar-refractivity contribution >= 4 is 23.5 Å². The predicted octanol–water partition coefficient (Wildman–Crippen LogP) is 7.48. The Bertz CT molecular complexity index is 1890. The molecule has 2 aliphatic heterocycles. The quantitative estimate of drug-likeness (QED) is 0.127. The van der Waals surface area contributed by atoms with Crippen molar-refractivity contribution in [3.05, 3.63) is 101 Å². The number of urea groups is 1. The van der Waals surface area contributed by atoms with E-state index in [1.54, 1.807) is 29.0 Å². The van der Waals surface area contributed by atoms with E-state index in [2.05, 4.69) is 46.4 Å². The molecule has 0 saturated carbocycles. The summed E-state index contributed by atoms with van der Waals surface area (Å²) in [4.78, 5) is 23.1. The summed E-state index contributed by atoms with van der Waals surface area (Å²) in [6.45, 7) is 13.5. The maximum Gasteiger partial charge on any atom is 0.320 e. The number of rotatable bonds is 7. The number of nitrogens with zero attached hydrogens (tertiary/aromatic N) is 4. The molecule has 3 aliphatic rings. The monoisotopic (exact) mass is 719 g/mol. The number of amides is 2. The molecular formula is C42H57N9O2. The number of aromatic nitrogens is 1. The normalized spacial score (nSPS) is 22.6. The van der Waals surface area contributed by atoms with E-state index in [1.165, 1.54) is 18.4 Å². The number of carbonyl (C=O) groups is 1. The van der Waals surface area contributed by atoms with E-state index >= 15 is 0 Å². The highest BCUT2D eigenvalue weighted by atomic mass is 16.5. The standard InChI is InChI=1S/C42H57N9O2/c1-28-12-10-13-29(2)51(28)40(45)50-27-32(18-21-38(50)44)53-36-20-19-35(33-16-6-7-17-34(33)36)47-41(52)48-39(25-37(43)42(3,4)5)46-31-15-11-14-30(24-31)26-49-22-8-9-23-49/h6-7,11,14-18,21,24-25,27-29,35-36,44-45H,8-10,12-13,19-20,22-23,26,43H2,1-5H3,(H2,46,47,48,52)/b37-25-,44-38?,45-40?. The third-order valence-electron chi connectivity index (χ3n) is 10.8. The van der Waals surface area contributed by atoms with Gasteiger partial charge < -0.3 is 20.7 Å². The van der Waals surface area contributed by atoms with Gasteiger partial charge in [-0.25, -0.2) is 9.79 Å². The van der Waals surface area contributed by atoms with Gasteiger partial charge in [-0.15, -0.1) is 0 Å². The number of benzene rings is 2. The number of carbonyl (C=O) groups excluding carboxylic acids is 1. The van der Waals surface area contributed by atoms with Crippen LogP contribution >= 0.6 is 0 Å². The van der Waals surface area contributed by atoms with Crippen molar-refractivity contribution in [1.82, 2.24) is 25.0 Å². The van der Waals surface area contributed by atoms with E-state index in [-0.39, 0.29) is 41.2 Å². The lowest BCUT2D eigenvalue weighted by Crippen LogP contribution is -2.51. The lowest BCUT2D eigenvalue weighted by molar-refractivity contribution is 0.169. The molecule has 3 aromatic rings. The smallest absolute Gasteiger partial charge is 0.320 e. The molecule has 2 saturated heterocycles. The number of aliphatic imine (C=N–C) groups is 1. The van der Waals surface area contributed by atoms with Crippen LogP contribution < -0.4 is 26.6 Å². The fraction of sp³-hybridized carbons (Fsp3) is 0.476. The Balaban J connectivity index is 1.17. The fourth-order valence-electron chi connectivity index (χ4n) is 7.71. The predicted molar refractivity (Wildman–Crippen MR) is 211 cm³/mol. The molecule has 4 atom stereocenters. The first-order valence-corrected chi connectivity index (χ1v) is 19.2. The summed E-state index contributed by atoms with van der Waals surface area (Å²) < 4.78 is 8.20. The van der Waals surface area contributed by atoms with Gasteiger partial charge in [0.05, 0.1) is 17.9 Å². The minimum absolute atomic E-state index is 0.236. The van der Waals surface area contributed by atoms with Crippen molar-refractivity contribution in [3.8, 4) is 5.75 Å². The summed E-state index contributed by atoms with van der Waals surface area (Å²) in [5.74, 6) is 1.28. The van der Waals surface area contributed by atoms with Gasteiger partial charge in [0.2, 0.25) is 5.96 Å². The lowest BCUT2D eigenvalue weighted by Gasteiger charge is -2.41. The van der Waals surface area contributed by atoms with E-state index in [0.29, 0.717) is 36.1 Å². The zero-order valence-corrected chi connectivity index (χ0v) is 32.0. The van der Waals surface area contributed by atoms with Crippen LogP contribution in [0.5, 0.6) is 5.75 Å². The Morgan fingerprint density at radius 2 is 1.68 bits per heavy atom. The van der Waals surface area contributed by atoms with Crippen LogP contribution in [0.3, 0.4) is 0 Å². The van der Waals surface area contributed by atoms with Crippen LogP contribution in [0, 0.1) is 16.2 Å². The molecule has 1 aromatic heterocycles. The van der Waals surface area contributed by atoms with Crippen molar-refractivity contribution in [2.45, 2.75) is 110 Å². The highest BCUT2D eigenvalue weighted by Gasteiger charge is 2.31. The summed E-state index contributed by atoms with van der Waals surface area (Å²) in [5.41, 5.74) is 11.0. The lowest BCUT2D eigenvalue weighted by atomic mass is 9.85. The number of amidine groups is 1. The molecule has 1 aliphatic carbocycles. The molecule has 282 valence electrons. The van der Waals surface area contributed by atoms with Crippen molar-refractivity contribution in [1.29, 1.82) is 10.8 Å². The minimum atomic E-state index is -0.360. The first-order chi connectivity index (χ1) is 25.4. The van der Waals surface area contributed by atoms with Crippen molar-refractivity contribution < 1.29 is 9.53 Å². The Kier molecular flexibility index (Phi) is 11.7. The fourth-order valence-corrected chi connectivity index (χ4v) is 7.71. The maximum absolute atomic E-state index is 13.7. The molecule has 0 bridgehead atoms. The van der Waals surface area contributed by atoms with Crippen LogP contribution in [-0.4, -0.2) is 57.4 Å². The van der Waals surface area contributed by atoms with Gasteiger partial charge in [-0.05, 0) is 113 Å². The highest BCUT2D eigenvalue weighted by Crippen LogP contribution is 2.38. The van der Waals surface area contributed by atoms with Gasteiger partial charge in [-0.2, -0.15) is 0 Å². The van der Waals surface area contributed by atoms with E-state index in [1.807, 2.05) is 57.2 Å². The van der Waals surface area contributed by atoms with Crippen molar-refractivity contribution in [3.63, 3.8) is 0 Å². The van der Waals surface area contributed by atoms with Gasteiger partial charge in [-0.1, -0.05) is 57.2 Å². The molecule has 2 fully saturated rings. The maximum atomic E-state index is 13.7. The van der Waals surface area contributed by atoms with Gasteiger partial charge in [-0.3, -0.25) is 25.6 Å². The van der Waals surface area contributed by atoms with Gasteiger partial charge in [0, 0.05) is 35.8 Å². The molecule has 11 heteroatoms. The molecule has 53 heavy (non-hydrogen) atoms. The molecule has 6 N–H and O–H groups in total. The molecule has 4 unspecified atom stereocenters.